The largest absolute Gasteiger partial charge is 0.497 e. The minimum atomic E-state index is -0.350. The minimum Gasteiger partial charge on any atom is -0.497 e. The van der Waals surface area contributed by atoms with Gasteiger partial charge in [-0.15, -0.1) is 0 Å². The first-order valence-electron chi connectivity index (χ1n) is 4.41. The molecule has 1 aromatic rings. The van der Waals surface area contributed by atoms with E-state index in [1.54, 1.807) is 25.3 Å². The third-order valence-electron chi connectivity index (χ3n) is 1.91. The van der Waals surface area contributed by atoms with Gasteiger partial charge in [0.1, 0.15) is 12.3 Å². The van der Waals surface area contributed by atoms with Gasteiger partial charge < -0.3 is 20.5 Å². The molecular formula is C10H14N2O3. The summed E-state index contributed by atoms with van der Waals surface area (Å²) in [5, 5.41) is 2.86. The fourth-order valence-electron chi connectivity index (χ4n) is 1.06. The third kappa shape index (κ3) is 3.05. The lowest BCUT2D eigenvalue weighted by atomic mass is 10.2. The molecule has 0 spiro atoms. The van der Waals surface area contributed by atoms with Crippen LogP contribution >= 0.6 is 0 Å². The summed E-state index contributed by atoms with van der Waals surface area (Å²) in [5.74, 6) is 0.328. The summed E-state index contributed by atoms with van der Waals surface area (Å²) in [4.78, 5) is 10.9. The van der Waals surface area contributed by atoms with E-state index in [4.69, 9.17) is 10.5 Å². The Labute approximate surface area is 88.2 Å². The summed E-state index contributed by atoms with van der Waals surface area (Å²) in [5.41, 5.74) is 6.91. The van der Waals surface area contributed by atoms with E-state index in [2.05, 4.69) is 10.1 Å². The van der Waals surface area contributed by atoms with Gasteiger partial charge >= 0.3 is 5.97 Å². The summed E-state index contributed by atoms with van der Waals surface area (Å²) < 4.78 is 9.53. The van der Waals surface area contributed by atoms with Crippen molar-refractivity contribution >= 4 is 17.3 Å². The van der Waals surface area contributed by atoms with Crippen LogP contribution in [0.2, 0.25) is 0 Å². The maximum Gasteiger partial charge on any atom is 0.325 e. The van der Waals surface area contributed by atoms with Crippen molar-refractivity contribution in [2.75, 3.05) is 31.8 Å². The molecule has 15 heavy (non-hydrogen) atoms. The molecule has 82 valence electrons. The summed E-state index contributed by atoms with van der Waals surface area (Å²) >= 11 is 0. The number of carbonyl (C=O) groups excluding carboxylic acids is 1. The molecule has 0 atom stereocenters. The molecule has 0 aliphatic heterocycles. The van der Waals surface area contributed by atoms with Crippen molar-refractivity contribution in [3.63, 3.8) is 0 Å². The van der Waals surface area contributed by atoms with Crippen molar-refractivity contribution in [3.8, 4) is 5.75 Å². The van der Waals surface area contributed by atoms with Crippen LogP contribution in [0.5, 0.6) is 5.75 Å². The standard InChI is InChI=1S/C10H14N2O3/c1-14-7-3-4-8(11)9(5-7)12-6-10(13)15-2/h3-5,12H,6,11H2,1-2H3. The lowest BCUT2D eigenvalue weighted by Crippen LogP contribution is -2.15. The van der Waals surface area contributed by atoms with Crippen LogP contribution in [0.1, 0.15) is 0 Å². The highest BCUT2D eigenvalue weighted by atomic mass is 16.5. The first kappa shape index (κ1) is 11.2. The maximum absolute atomic E-state index is 10.9. The number of methoxy groups -OCH3 is 2. The van der Waals surface area contributed by atoms with E-state index in [1.165, 1.54) is 7.11 Å². The van der Waals surface area contributed by atoms with Crippen molar-refractivity contribution < 1.29 is 14.3 Å². The number of anilines is 2. The zero-order chi connectivity index (χ0) is 11.3. The Morgan fingerprint density at radius 1 is 1.47 bits per heavy atom. The van der Waals surface area contributed by atoms with Gasteiger partial charge in [0, 0.05) is 6.07 Å². The van der Waals surface area contributed by atoms with Crippen molar-refractivity contribution in [1.29, 1.82) is 0 Å². The Morgan fingerprint density at radius 2 is 2.20 bits per heavy atom. The number of hydrogen-bond donors (Lipinski definition) is 2. The van der Waals surface area contributed by atoms with Crippen molar-refractivity contribution in [2.45, 2.75) is 0 Å². The van der Waals surface area contributed by atoms with E-state index < -0.39 is 0 Å². The molecule has 0 radical (unpaired) electrons. The Bertz CT molecular complexity index is 353. The van der Waals surface area contributed by atoms with E-state index in [-0.39, 0.29) is 12.5 Å². The van der Waals surface area contributed by atoms with Gasteiger partial charge in [-0.25, -0.2) is 0 Å². The van der Waals surface area contributed by atoms with Crippen molar-refractivity contribution in [3.05, 3.63) is 18.2 Å². The molecular weight excluding hydrogens is 196 g/mol. The van der Waals surface area contributed by atoms with E-state index in [0.29, 0.717) is 17.1 Å². The first-order valence-corrected chi connectivity index (χ1v) is 4.41. The molecule has 0 unspecified atom stereocenters. The molecule has 0 fully saturated rings. The number of nitrogens with two attached hydrogens (primary N) is 1. The fourth-order valence-corrected chi connectivity index (χ4v) is 1.06. The summed E-state index contributed by atoms with van der Waals surface area (Å²) in [6.07, 6.45) is 0. The number of benzene rings is 1. The van der Waals surface area contributed by atoms with E-state index in [9.17, 15) is 4.79 Å². The van der Waals surface area contributed by atoms with Crippen LogP contribution in [0.4, 0.5) is 11.4 Å². The monoisotopic (exact) mass is 210 g/mol. The molecule has 0 aliphatic carbocycles. The van der Waals surface area contributed by atoms with Gasteiger partial charge in [-0.3, -0.25) is 4.79 Å². The van der Waals surface area contributed by atoms with Gasteiger partial charge in [-0.1, -0.05) is 0 Å². The Balaban J connectivity index is 2.70. The number of carbonyl (C=O) groups is 1. The second-order valence-corrected chi connectivity index (χ2v) is 2.88. The molecule has 3 N–H and O–H groups in total. The lowest BCUT2D eigenvalue weighted by Gasteiger charge is -2.09. The molecule has 0 aromatic heterocycles. The topological polar surface area (TPSA) is 73.6 Å². The van der Waals surface area contributed by atoms with Gasteiger partial charge in [0.15, 0.2) is 0 Å². The average molecular weight is 210 g/mol. The first-order chi connectivity index (χ1) is 7.17. The van der Waals surface area contributed by atoms with E-state index in [0.717, 1.165) is 0 Å². The molecule has 0 amide bonds. The minimum absolute atomic E-state index is 0.0772. The van der Waals surface area contributed by atoms with E-state index in [1.807, 2.05) is 0 Å². The average Bonchev–Trinajstić information content (AvgIpc) is 2.27. The predicted octanol–water partition coefficient (Wildman–Crippen LogP) is 0.862. The van der Waals surface area contributed by atoms with Crippen LogP contribution in [-0.2, 0) is 9.53 Å². The van der Waals surface area contributed by atoms with E-state index >= 15 is 0 Å². The molecule has 5 nitrogen and oxygen atoms in total. The number of nitrogen functional groups attached to an aromatic ring is 1. The molecule has 5 heteroatoms. The zero-order valence-corrected chi connectivity index (χ0v) is 8.74. The highest BCUT2D eigenvalue weighted by Crippen LogP contribution is 2.23. The van der Waals surface area contributed by atoms with Crippen LogP contribution in [-0.4, -0.2) is 26.7 Å². The molecule has 1 aromatic carbocycles. The summed E-state index contributed by atoms with van der Waals surface area (Å²) in [7, 11) is 2.90. The van der Waals surface area contributed by atoms with Gasteiger partial charge in [-0.2, -0.15) is 0 Å². The zero-order valence-electron chi connectivity index (χ0n) is 8.74. The third-order valence-corrected chi connectivity index (χ3v) is 1.91. The maximum atomic E-state index is 10.9. The molecule has 1 rings (SSSR count). The highest BCUT2D eigenvalue weighted by molar-refractivity contribution is 5.78. The fraction of sp³-hybridized carbons (Fsp3) is 0.300. The normalized spacial score (nSPS) is 9.47. The molecule has 0 saturated carbocycles. The van der Waals surface area contributed by atoms with Crippen LogP contribution in [0.15, 0.2) is 18.2 Å². The Hall–Kier alpha value is -1.91. The second kappa shape index (κ2) is 5.09. The van der Waals surface area contributed by atoms with Gasteiger partial charge in [-0.05, 0) is 12.1 Å². The van der Waals surface area contributed by atoms with Crippen molar-refractivity contribution in [2.24, 2.45) is 0 Å². The van der Waals surface area contributed by atoms with Gasteiger partial charge in [0.05, 0.1) is 25.6 Å². The predicted molar refractivity (Wildman–Crippen MR) is 57.9 cm³/mol. The second-order valence-electron chi connectivity index (χ2n) is 2.88. The number of nitrogens with one attached hydrogen (secondary N) is 1. The van der Waals surface area contributed by atoms with Crippen LogP contribution in [0.3, 0.4) is 0 Å². The quantitative estimate of drug-likeness (QED) is 0.569. The molecule has 0 saturated heterocycles. The van der Waals surface area contributed by atoms with Crippen molar-refractivity contribution in [1.82, 2.24) is 0 Å². The van der Waals surface area contributed by atoms with Crippen LogP contribution < -0.4 is 15.8 Å². The Kier molecular flexibility index (Phi) is 3.79. The van der Waals surface area contributed by atoms with Crippen LogP contribution in [0.25, 0.3) is 0 Å². The molecule has 0 aliphatic rings. The smallest absolute Gasteiger partial charge is 0.325 e. The molecule has 0 bridgehead atoms. The summed E-state index contributed by atoms with van der Waals surface area (Å²) in [6, 6.07) is 5.18. The number of esters is 1. The Morgan fingerprint density at radius 3 is 2.80 bits per heavy atom. The number of ether oxygens (including phenoxy) is 2. The van der Waals surface area contributed by atoms with Crippen LogP contribution in [0, 0.1) is 0 Å². The highest BCUT2D eigenvalue weighted by Gasteiger charge is 2.04. The summed E-state index contributed by atoms with van der Waals surface area (Å²) in [6.45, 7) is 0.0772. The van der Waals surface area contributed by atoms with Gasteiger partial charge in [0.25, 0.3) is 0 Å². The van der Waals surface area contributed by atoms with Gasteiger partial charge in [0.2, 0.25) is 0 Å². The number of hydrogen-bond acceptors (Lipinski definition) is 5. The SMILES string of the molecule is COC(=O)CNc1cc(OC)ccc1N. The number of rotatable bonds is 4. The molecule has 0 heterocycles. The lowest BCUT2D eigenvalue weighted by molar-refractivity contribution is -0.138.